The Bertz CT molecular complexity index is 1040. The number of nitrogens with zero attached hydrogens (tertiary/aromatic N) is 1. The molecule has 3 N–H and O–H groups in total. The van der Waals surface area contributed by atoms with E-state index in [0.717, 1.165) is 36.5 Å². The molecular formula is C18H18F3N3O5S. The van der Waals surface area contributed by atoms with Crippen LogP contribution < -0.4 is 15.8 Å². The van der Waals surface area contributed by atoms with Gasteiger partial charge < -0.3 is 20.5 Å². The molecule has 0 aliphatic heterocycles. The number of nitrogens with one attached hydrogen (secondary N) is 1. The first-order valence-corrected chi connectivity index (χ1v) is 10.2. The highest BCUT2D eigenvalue weighted by Crippen LogP contribution is 2.28. The van der Waals surface area contributed by atoms with Crippen LogP contribution in [0.25, 0.3) is 0 Å². The number of aromatic nitrogens is 1. The van der Waals surface area contributed by atoms with Crippen molar-refractivity contribution in [2.45, 2.75) is 41.1 Å². The average molecular weight is 445 g/mol. The summed E-state index contributed by atoms with van der Waals surface area (Å²) < 4.78 is 70.9. The number of halogens is 3. The Hall–Kier alpha value is -2.86. The zero-order valence-corrected chi connectivity index (χ0v) is 16.5. The number of alkyl halides is 3. The van der Waals surface area contributed by atoms with Gasteiger partial charge in [-0.05, 0) is 43.2 Å². The van der Waals surface area contributed by atoms with Crippen molar-refractivity contribution in [2.75, 3.05) is 12.8 Å². The van der Waals surface area contributed by atoms with Gasteiger partial charge in [-0.15, -0.1) is 13.2 Å². The summed E-state index contributed by atoms with van der Waals surface area (Å²) in [4.78, 5) is 15.6. The molecule has 1 aromatic heterocycles. The predicted molar refractivity (Wildman–Crippen MR) is 98.5 cm³/mol. The van der Waals surface area contributed by atoms with E-state index in [0.29, 0.717) is 12.8 Å². The van der Waals surface area contributed by atoms with E-state index in [1.165, 1.54) is 0 Å². The summed E-state index contributed by atoms with van der Waals surface area (Å²) in [5.74, 6) is -1.09. The summed E-state index contributed by atoms with van der Waals surface area (Å²) in [6, 6.07) is 4.70. The number of rotatable bonds is 6. The number of anilines is 1. The molecule has 1 heterocycles. The van der Waals surface area contributed by atoms with Crippen LogP contribution in [0, 0.1) is 0 Å². The number of nitrogen functional groups attached to an aromatic ring is 1. The molecule has 0 spiro atoms. The predicted octanol–water partition coefficient (Wildman–Crippen LogP) is 2.30. The lowest BCUT2D eigenvalue weighted by Gasteiger charge is -2.34. The van der Waals surface area contributed by atoms with Gasteiger partial charge in [0.25, 0.3) is 5.91 Å². The highest BCUT2D eigenvalue weighted by Gasteiger charge is 2.32. The van der Waals surface area contributed by atoms with Gasteiger partial charge in [0.2, 0.25) is 9.84 Å². The van der Waals surface area contributed by atoms with Crippen LogP contribution >= 0.6 is 0 Å². The SMILES string of the molecule is CO[C@H]1C[C@H](NC(=O)c2ncc(S(=O)(=O)c3ccc(OC(F)(F)F)cc3)cc2N)C1. The van der Waals surface area contributed by atoms with Crippen LogP contribution in [0.4, 0.5) is 18.9 Å². The van der Waals surface area contributed by atoms with Gasteiger partial charge in [0.15, 0.2) is 5.69 Å². The van der Waals surface area contributed by atoms with E-state index in [1.807, 2.05) is 0 Å². The molecule has 2 aromatic rings. The Kier molecular flexibility index (Phi) is 5.90. The largest absolute Gasteiger partial charge is 0.573 e. The molecule has 1 aliphatic rings. The summed E-state index contributed by atoms with van der Waals surface area (Å²) in [5.41, 5.74) is 5.56. The number of pyridine rings is 1. The minimum absolute atomic E-state index is 0.0792. The van der Waals surface area contributed by atoms with Crippen molar-refractivity contribution in [1.29, 1.82) is 0 Å². The van der Waals surface area contributed by atoms with Crippen LogP contribution in [-0.4, -0.2) is 44.9 Å². The second-order valence-electron chi connectivity index (χ2n) is 6.63. The fourth-order valence-corrected chi connectivity index (χ4v) is 4.12. The van der Waals surface area contributed by atoms with E-state index in [4.69, 9.17) is 10.5 Å². The molecule has 12 heteroatoms. The molecule has 0 bridgehead atoms. The lowest BCUT2D eigenvalue weighted by atomic mass is 9.89. The average Bonchev–Trinajstić information content (AvgIpc) is 2.63. The monoisotopic (exact) mass is 445 g/mol. The second kappa shape index (κ2) is 8.11. The number of methoxy groups -OCH3 is 1. The number of nitrogens with two attached hydrogens (primary N) is 1. The van der Waals surface area contributed by atoms with E-state index in [2.05, 4.69) is 15.0 Å². The molecular weight excluding hydrogens is 427 g/mol. The van der Waals surface area contributed by atoms with Gasteiger partial charge in [0.1, 0.15) is 5.75 Å². The number of hydrogen-bond acceptors (Lipinski definition) is 7. The third kappa shape index (κ3) is 4.82. The van der Waals surface area contributed by atoms with Crippen molar-refractivity contribution in [2.24, 2.45) is 0 Å². The van der Waals surface area contributed by atoms with Crippen LogP contribution in [0.2, 0.25) is 0 Å². The standard InChI is InChI=1S/C18H18F3N3O5S/c1-28-12-6-10(7-12)24-17(25)16-15(22)8-14(9-23-16)30(26,27)13-4-2-11(3-5-13)29-18(19,20)21/h2-5,8-10,12H,6-7,22H2,1H3,(H,24,25)/t10-,12-. The van der Waals surface area contributed by atoms with Gasteiger partial charge in [0, 0.05) is 19.3 Å². The Morgan fingerprint density at radius 1 is 1.20 bits per heavy atom. The molecule has 0 atom stereocenters. The number of hydrogen-bond donors (Lipinski definition) is 2. The van der Waals surface area contributed by atoms with E-state index in [-0.39, 0.29) is 33.3 Å². The van der Waals surface area contributed by atoms with Crippen molar-refractivity contribution in [3.63, 3.8) is 0 Å². The smallest absolute Gasteiger partial charge is 0.406 e. The van der Waals surface area contributed by atoms with Crippen molar-refractivity contribution in [3.05, 3.63) is 42.2 Å². The summed E-state index contributed by atoms with van der Waals surface area (Å²) in [6.45, 7) is 0. The zero-order chi connectivity index (χ0) is 22.1. The van der Waals surface area contributed by atoms with E-state index >= 15 is 0 Å². The fraction of sp³-hybridized carbons (Fsp3) is 0.333. The maximum atomic E-state index is 12.7. The Morgan fingerprint density at radius 2 is 1.83 bits per heavy atom. The molecule has 30 heavy (non-hydrogen) atoms. The minimum Gasteiger partial charge on any atom is -0.406 e. The third-order valence-corrected chi connectivity index (χ3v) is 6.29. The lowest BCUT2D eigenvalue weighted by molar-refractivity contribution is -0.274. The first-order valence-electron chi connectivity index (χ1n) is 8.69. The fourth-order valence-electron chi connectivity index (χ4n) is 2.88. The molecule has 1 aromatic carbocycles. The van der Waals surface area contributed by atoms with Gasteiger partial charge in [0.05, 0.1) is 21.6 Å². The van der Waals surface area contributed by atoms with Gasteiger partial charge in [-0.2, -0.15) is 0 Å². The molecule has 1 saturated carbocycles. The number of benzene rings is 1. The summed E-state index contributed by atoms with van der Waals surface area (Å²) in [7, 11) is -2.54. The second-order valence-corrected chi connectivity index (χ2v) is 8.58. The third-order valence-electron chi connectivity index (χ3n) is 4.55. The van der Waals surface area contributed by atoms with Gasteiger partial charge >= 0.3 is 6.36 Å². The van der Waals surface area contributed by atoms with Crippen LogP contribution in [0.15, 0.2) is 46.3 Å². The molecule has 8 nitrogen and oxygen atoms in total. The number of carbonyl (C=O) groups excluding carboxylic acids is 1. The first kappa shape index (κ1) is 21.8. The highest BCUT2D eigenvalue weighted by molar-refractivity contribution is 7.91. The number of sulfone groups is 1. The number of carbonyl (C=O) groups is 1. The molecule has 3 rings (SSSR count). The normalized spacial score (nSPS) is 19.1. The summed E-state index contributed by atoms with van der Waals surface area (Å²) >= 11 is 0. The molecule has 0 unspecified atom stereocenters. The summed E-state index contributed by atoms with van der Waals surface area (Å²) in [5, 5.41) is 2.74. The maximum Gasteiger partial charge on any atom is 0.573 e. The van der Waals surface area contributed by atoms with Crippen LogP contribution in [0.3, 0.4) is 0 Å². The summed E-state index contributed by atoms with van der Waals surface area (Å²) in [6.07, 6.45) is -2.52. The van der Waals surface area contributed by atoms with Crippen LogP contribution in [-0.2, 0) is 14.6 Å². The molecule has 1 aliphatic carbocycles. The van der Waals surface area contributed by atoms with Gasteiger partial charge in [-0.1, -0.05) is 0 Å². The highest BCUT2D eigenvalue weighted by atomic mass is 32.2. The Balaban J connectivity index is 1.75. The van der Waals surface area contributed by atoms with Gasteiger partial charge in [-0.3, -0.25) is 4.79 Å². The Labute approximate surface area is 170 Å². The molecule has 0 radical (unpaired) electrons. The minimum atomic E-state index is -4.89. The van der Waals surface area contributed by atoms with Gasteiger partial charge in [-0.25, -0.2) is 13.4 Å². The first-order chi connectivity index (χ1) is 14.0. The van der Waals surface area contributed by atoms with Crippen molar-refractivity contribution >= 4 is 21.4 Å². The topological polar surface area (TPSA) is 121 Å². The number of ether oxygens (including phenoxy) is 2. The van der Waals surface area contributed by atoms with Crippen molar-refractivity contribution in [3.8, 4) is 5.75 Å². The molecule has 162 valence electrons. The maximum absolute atomic E-state index is 12.7. The van der Waals surface area contributed by atoms with Crippen LogP contribution in [0.5, 0.6) is 5.75 Å². The van der Waals surface area contributed by atoms with E-state index in [9.17, 15) is 26.4 Å². The van der Waals surface area contributed by atoms with E-state index in [1.54, 1.807) is 7.11 Å². The quantitative estimate of drug-likeness (QED) is 0.700. The molecule has 1 amide bonds. The lowest BCUT2D eigenvalue weighted by Crippen LogP contribution is -2.47. The Morgan fingerprint density at radius 3 is 2.37 bits per heavy atom. The zero-order valence-electron chi connectivity index (χ0n) is 15.6. The number of amides is 1. The van der Waals surface area contributed by atoms with Crippen LogP contribution in [0.1, 0.15) is 23.3 Å². The van der Waals surface area contributed by atoms with Crippen molar-refractivity contribution in [1.82, 2.24) is 10.3 Å². The van der Waals surface area contributed by atoms with E-state index < -0.39 is 27.9 Å². The molecule has 1 fully saturated rings. The molecule has 0 saturated heterocycles. The van der Waals surface area contributed by atoms with Crippen molar-refractivity contribution < 1.29 is 35.9 Å².